The first-order valence-corrected chi connectivity index (χ1v) is 4.46. The van der Waals surface area contributed by atoms with Gasteiger partial charge in [-0.3, -0.25) is 4.98 Å². The summed E-state index contributed by atoms with van der Waals surface area (Å²) in [5.74, 6) is -0.480. The van der Waals surface area contributed by atoms with E-state index < -0.39 is 11.8 Å². The number of oxazole rings is 1. The second kappa shape index (κ2) is 3.59. The summed E-state index contributed by atoms with van der Waals surface area (Å²) < 4.78 is 4.85. The van der Waals surface area contributed by atoms with E-state index in [1.165, 1.54) is 0 Å². The Kier molecular flexibility index (Phi) is 2.27. The van der Waals surface area contributed by atoms with Crippen LogP contribution in [0.1, 0.15) is 5.56 Å². The molecule has 1 heterocycles. The van der Waals surface area contributed by atoms with Gasteiger partial charge in [-0.15, -0.1) is 0 Å². The zero-order valence-corrected chi connectivity index (χ0v) is 7.86. The van der Waals surface area contributed by atoms with Crippen molar-refractivity contribution in [3.8, 4) is 6.07 Å². The molecular formula is C10H9N3O2. The fourth-order valence-corrected chi connectivity index (χ4v) is 1.43. The number of aromatic nitrogens is 1. The first-order valence-electron chi connectivity index (χ1n) is 4.46. The summed E-state index contributed by atoms with van der Waals surface area (Å²) in [6.45, 7) is 0. The molecule has 0 radical (unpaired) electrons. The molecule has 0 saturated heterocycles. The average molecular weight is 203 g/mol. The first-order chi connectivity index (χ1) is 7.19. The van der Waals surface area contributed by atoms with Crippen molar-refractivity contribution in [1.29, 1.82) is 5.26 Å². The lowest BCUT2D eigenvalue weighted by molar-refractivity contribution is 0.555. The molecule has 0 saturated carbocycles. The molecule has 15 heavy (non-hydrogen) atoms. The van der Waals surface area contributed by atoms with E-state index in [-0.39, 0.29) is 0 Å². The standard InChI is InChI=1S/C10H9N3O2/c11-5-7(12)3-6-1-2-9-8(4-6)13-10(14)15-9/h1-2,4,7H,3,12H2,(H,13,14). The number of nitriles is 1. The third-order valence-electron chi connectivity index (χ3n) is 2.10. The van der Waals surface area contributed by atoms with Gasteiger partial charge in [-0.1, -0.05) is 6.07 Å². The lowest BCUT2D eigenvalue weighted by Crippen LogP contribution is -2.19. The molecule has 2 rings (SSSR count). The van der Waals surface area contributed by atoms with Gasteiger partial charge in [-0.25, -0.2) is 4.79 Å². The molecule has 5 heteroatoms. The Balaban J connectivity index is 2.39. The number of hydrogen-bond donors (Lipinski definition) is 2. The van der Waals surface area contributed by atoms with Gasteiger partial charge in [0.2, 0.25) is 0 Å². The van der Waals surface area contributed by atoms with Crippen LogP contribution in [0, 0.1) is 11.3 Å². The van der Waals surface area contributed by atoms with Crippen LogP contribution in [0.25, 0.3) is 11.1 Å². The van der Waals surface area contributed by atoms with Crippen molar-refractivity contribution < 1.29 is 4.42 Å². The Hall–Kier alpha value is -2.06. The Morgan fingerprint density at radius 3 is 3.13 bits per heavy atom. The molecular weight excluding hydrogens is 194 g/mol. The maximum atomic E-state index is 10.9. The summed E-state index contributed by atoms with van der Waals surface area (Å²) in [6.07, 6.45) is 0.458. The highest BCUT2D eigenvalue weighted by atomic mass is 16.4. The predicted octanol–water partition coefficient (Wildman–Crippen LogP) is 0.514. The average Bonchev–Trinajstić information content (AvgIpc) is 2.57. The molecule has 1 aromatic carbocycles. The lowest BCUT2D eigenvalue weighted by Gasteiger charge is -2.01. The Labute approximate surface area is 85.1 Å². The molecule has 76 valence electrons. The van der Waals surface area contributed by atoms with Gasteiger partial charge >= 0.3 is 5.76 Å². The third-order valence-corrected chi connectivity index (χ3v) is 2.10. The van der Waals surface area contributed by atoms with E-state index in [2.05, 4.69) is 4.98 Å². The predicted molar refractivity (Wildman–Crippen MR) is 54.1 cm³/mol. The van der Waals surface area contributed by atoms with Gasteiger partial charge in [0, 0.05) is 6.42 Å². The van der Waals surface area contributed by atoms with Gasteiger partial charge < -0.3 is 10.2 Å². The van der Waals surface area contributed by atoms with Crippen LogP contribution in [-0.4, -0.2) is 11.0 Å². The summed E-state index contributed by atoms with van der Waals surface area (Å²) in [7, 11) is 0. The van der Waals surface area contributed by atoms with Gasteiger partial charge in [0.05, 0.1) is 17.6 Å². The molecule has 3 N–H and O–H groups in total. The molecule has 5 nitrogen and oxygen atoms in total. The first kappa shape index (κ1) is 9.49. The van der Waals surface area contributed by atoms with Crippen molar-refractivity contribution in [2.45, 2.75) is 12.5 Å². The van der Waals surface area contributed by atoms with Crippen molar-refractivity contribution in [2.75, 3.05) is 0 Å². The third kappa shape index (κ3) is 1.90. The number of aromatic amines is 1. The summed E-state index contributed by atoms with van der Waals surface area (Å²) in [4.78, 5) is 13.4. The summed E-state index contributed by atoms with van der Waals surface area (Å²) in [6, 6.07) is 6.66. The number of nitrogens with two attached hydrogens (primary N) is 1. The van der Waals surface area contributed by atoms with E-state index in [1.54, 1.807) is 18.2 Å². The van der Waals surface area contributed by atoms with Gasteiger partial charge in [-0.05, 0) is 17.7 Å². The molecule has 0 spiro atoms. The largest absolute Gasteiger partial charge is 0.417 e. The minimum absolute atomic E-state index is 0.458. The number of H-pyrrole nitrogens is 1. The van der Waals surface area contributed by atoms with E-state index in [9.17, 15) is 4.79 Å². The van der Waals surface area contributed by atoms with Crippen LogP contribution in [-0.2, 0) is 6.42 Å². The maximum absolute atomic E-state index is 10.9. The smallest absolute Gasteiger partial charge is 0.408 e. The van der Waals surface area contributed by atoms with Crippen LogP contribution >= 0.6 is 0 Å². The molecule has 2 aromatic rings. The maximum Gasteiger partial charge on any atom is 0.417 e. The van der Waals surface area contributed by atoms with Crippen molar-refractivity contribution in [2.24, 2.45) is 5.73 Å². The topological polar surface area (TPSA) is 95.8 Å². The van der Waals surface area contributed by atoms with Gasteiger partial charge in [0.1, 0.15) is 0 Å². The van der Waals surface area contributed by atoms with Crippen molar-refractivity contribution >= 4 is 11.1 Å². The van der Waals surface area contributed by atoms with Crippen LogP contribution in [0.4, 0.5) is 0 Å². The minimum Gasteiger partial charge on any atom is -0.408 e. The molecule has 0 aliphatic heterocycles. The van der Waals surface area contributed by atoms with Crippen molar-refractivity contribution in [1.82, 2.24) is 4.98 Å². The van der Waals surface area contributed by atoms with Crippen LogP contribution < -0.4 is 11.5 Å². The fourth-order valence-electron chi connectivity index (χ4n) is 1.43. The number of hydrogen-bond acceptors (Lipinski definition) is 4. The van der Waals surface area contributed by atoms with E-state index in [0.29, 0.717) is 17.5 Å². The highest BCUT2D eigenvalue weighted by Gasteiger charge is 2.05. The Morgan fingerprint density at radius 1 is 1.60 bits per heavy atom. The highest BCUT2D eigenvalue weighted by Crippen LogP contribution is 2.13. The second-order valence-corrected chi connectivity index (χ2v) is 3.28. The normalized spacial score (nSPS) is 12.5. The lowest BCUT2D eigenvalue weighted by atomic mass is 10.1. The number of nitrogens with zero attached hydrogens (tertiary/aromatic N) is 1. The van der Waals surface area contributed by atoms with Crippen LogP contribution in [0.3, 0.4) is 0 Å². The molecule has 1 unspecified atom stereocenters. The molecule has 0 bridgehead atoms. The van der Waals surface area contributed by atoms with Crippen LogP contribution in [0.5, 0.6) is 0 Å². The molecule has 1 atom stereocenters. The van der Waals surface area contributed by atoms with E-state index >= 15 is 0 Å². The van der Waals surface area contributed by atoms with Gasteiger partial charge in [-0.2, -0.15) is 5.26 Å². The quantitative estimate of drug-likeness (QED) is 0.743. The molecule has 0 aliphatic carbocycles. The molecule has 0 fully saturated rings. The zero-order chi connectivity index (χ0) is 10.8. The number of benzene rings is 1. The van der Waals surface area contributed by atoms with E-state index in [1.807, 2.05) is 6.07 Å². The van der Waals surface area contributed by atoms with Crippen molar-refractivity contribution in [3.05, 3.63) is 34.3 Å². The fraction of sp³-hybridized carbons (Fsp3) is 0.200. The summed E-state index contributed by atoms with van der Waals surface area (Å²) >= 11 is 0. The molecule has 0 amide bonds. The number of fused-ring (bicyclic) bond motifs is 1. The molecule has 1 aromatic heterocycles. The van der Waals surface area contributed by atoms with E-state index in [4.69, 9.17) is 15.4 Å². The Bertz CT molecular complexity index is 576. The van der Waals surface area contributed by atoms with Gasteiger partial charge in [0.15, 0.2) is 5.58 Å². The highest BCUT2D eigenvalue weighted by molar-refractivity contribution is 5.72. The number of rotatable bonds is 2. The minimum atomic E-state index is -0.527. The second-order valence-electron chi connectivity index (χ2n) is 3.28. The summed E-state index contributed by atoms with van der Waals surface area (Å²) in [5.41, 5.74) is 7.53. The monoisotopic (exact) mass is 203 g/mol. The SMILES string of the molecule is N#CC(N)Cc1ccc2oc(=O)[nH]c2c1. The van der Waals surface area contributed by atoms with Gasteiger partial charge in [0.25, 0.3) is 0 Å². The Morgan fingerprint density at radius 2 is 2.40 bits per heavy atom. The number of nitrogens with one attached hydrogen (secondary N) is 1. The zero-order valence-electron chi connectivity index (χ0n) is 7.86. The van der Waals surface area contributed by atoms with Crippen molar-refractivity contribution in [3.63, 3.8) is 0 Å². The van der Waals surface area contributed by atoms with Crippen LogP contribution in [0.15, 0.2) is 27.4 Å². The van der Waals surface area contributed by atoms with E-state index in [0.717, 1.165) is 5.56 Å². The van der Waals surface area contributed by atoms with Crippen LogP contribution in [0.2, 0.25) is 0 Å². The summed E-state index contributed by atoms with van der Waals surface area (Å²) in [5, 5.41) is 8.56. The molecule has 0 aliphatic rings.